The van der Waals surface area contributed by atoms with Gasteiger partial charge in [-0.2, -0.15) is 10.5 Å². The lowest BCUT2D eigenvalue weighted by molar-refractivity contribution is -0.133. The Morgan fingerprint density at radius 1 is 1.10 bits per heavy atom. The van der Waals surface area contributed by atoms with E-state index < -0.39 is 28.3 Å². The third kappa shape index (κ3) is 1.46. The van der Waals surface area contributed by atoms with Crippen LogP contribution in [0.5, 0.6) is 0 Å². The first kappa shape index (κ1) is 14.2. The summed E-state index contributed by atoms with van der Waals surface area (Å²) in [5.74, 6) is -1.64. The zero-order valence-corrected chi connectivity index (χ0v) is 11.7. The molecule has 0 amide bonds. The Morgan fingerprint density at radius 3 is 1.85 bits per heavy atom. The number of carbonyl (C=O) groups excluding carboxylic acids is 2. The van der Waals surface area contributed by atoms with Gasteiger partial charge in [0.15, 0.2) is 5.41 Å². The largest absolute Gasteiger partial charge is 0.299 e. The molecule has 1 aliphatic carbocycles. The van der Waals surface area contributed by atoms with Crippen molar-refractivity contribution in [2.75, 3.05) is 0 Å². The molecule has 2 rings (SSSR count). The van der Waals surface area contributed by atoms with Crippen LogP contribution in [0.15, 0.2) is 24.3 Å². The SMILES string of the molecule is CC(=O)C1(C(C)=O)C(c2ccc(Cl)cc2)C1(C#N)C#N. The van der Waals surface area contributed by atoms with Gasteiger partial charge in [-0.15, -0.1) is 0 Å². The van der Waals surface area contributed by atoms with Crippen LogP contribution in [0.2, 0.25) is 5.02 Å². The minimum absolute atomic E-state index is 0.451. The fraction of sp³-hybridized carbons (Fsp3) is 0.333. The third-order valence-electron chi connectivity index (χ3n) is 4.07. The first-order valence-electron chi connectivity index (χ1n) is 5.98. The van der Waals surface area contributed by atoms with E-state index in [9.17, 15) is 20.1 Å². The lowest BCUT2D eigenvalue weighted by atomic mass is 9.87. The van der Waals surface area contributed by atoms with Gasteiger partial charge >= 0.3 is 0 Å². The summed E-state index contributed by atoms with van der Waals surface area (Å²) >= 11 is 5.81. The lowest BCUT2D eigenvalue weighted by Crippen LogP contribution is -2.28. The predicted octanol–water partition coefficient (Wildman–Crippen LogP) is 2.64. The normalized spacial score (nSPS) is 21.4. The standard InChI is InChI=1S/C15H11ClN2O2/c1-9(19)15(10(2)20)13(14(15,7-17)8-18)11-3-5-12(16)6-4-11/h3-6,13H,1-2H3. The summed E-state index contributed by atoms with van der Waals surface area (Å²) in [4.78, 5) is 24.0. The van der Waals surface area contributed by atoms with Crippen LogP contribution in [0.3, 0.4) is 0 Å². The summed E-state index contributed by atoms with van der Waals surface area (Å²) < 4.78 is 0. The molecule has 1 aliphatic rings. The lowest BCUT2D eigenvalue weighted by Gasteiger charge is -2.09. The zero-order valence-electron chi connectivity index (χ0n) is 11.0. The van der Waals surface area contributed by atoms with Crippen LogP contribution in [-0.4, -0.2) is 11.6 Å². The number of hydrogen-bond acceptors (Lipinski definition) is 4. The van der Waals surface area contributed by atoms with Gasteiger partial charge in [0.05, 0.1) is 12.1 Å². The van der Waals surface area contributed by atoms with Crippen LogP contribution in [0.25, 0.3) is 0 Å². The summed E-state index contributed by atoms with van der Waals surface area (Å²) in [5, 5.41) is 19.3. The molecule has 0 radical (unpaired) electrons. The van der Waals surface area contributed by atoms with Crippen LogP contribution in [-0.2, 0) is 9.59 Å². The van der Waals surface area contributed by atoms with Crippen LogP contribution in [0, 0.1) is 33.5 Å². The van der Waals surface area contributed by atoms with Crippen molar-refractivity contribution in [1.82, 2.24) is 0 Å². The number of Topliss-reactive ketones (excluding diaryl/α,β-unsaturated/α-hetero) is 2. The van der Waals surface area contributed by atoms with Crippen molar-refractivity contribution in [1.29, 1.82) is 10.5 Å². The molecule has 1 saturated carbocycles. The van der Waals surface area contributed by atoms with Crippen LogP contribution in [0.4, 0.5) is 0 Å². The smallest absolute Gasteiger partial charge is 0.172 e. The summed E-state index contributed by atoms with van der Waals surface area (Å²) in [6.45, 7) is 2.50. The molecule has 100 valence electrons. The molecule has 0 heterocycles. The highest BCUT2D eigenvalue weighted by atomic mass is 35.5. The summed E-state index contributed by atoms with van der Waals surface area (Å²) in [6.07, 6.45) is 0. The van der Waals surface area contributed by atoms with E-state index in [1.54, 1.807) is 24.3 Å². The Hall–Kier alpha value is -2.17. The molecule has 0 bridgehead atoms. The predicted molar refractivity (Wildman–Crippen MR) is 71.6 cm³/mol. The highest BCUT2D eigenvalue weighted by molar-refractivity contribution is 6.30. The summed E-state index contributed by atoms with van der Waals surface area (Å²) in [5.41, 5.74) is -2.59. The fourth-order valence-corrected chi connectivity index (χ4v) is 3.30. The summed E-state index contributed by atoms with van der Waals surface area (Å²) in [7, 11) is 0. The van der Waals surface area contributed by atoms with Crippen molar-refractivity contribution in [3.8, 4) is 12.1 Å². The number of halogens is 1. The topological polar surface area (TPSA) is 81.7 Å². The Morgan fingerprint density at radius 2 is 1.55 bits per heavy atom. The molecule has 1 aromatic rings. The van der Waals surface area contributed by atoms with E-state index in [1.807, 2.05) is 12.1 Å². The molecule has 4 nitrogen and oxygen atoms in total. The molecule has 0 saturated heterocycles. The molecule has 1 unspecified atom stereocenters. The number of benzene rings is 1. The molecular formula is C15H11ClN2O2. The highest BCUT2D eigenvalue weighted by Gasteiger charge is 2.84. The van der Waals surface area contributed by atoms with Gasteiger partial charge in [-0.1, -0.05) is 23.7 Å². The number of hydrogen-bond donors (Lipinski definition) is 0. The monoisotopic (exact) mass is 286 g/mol. The van der Waals surface area contributed by atoms with Crippen LogP contribution in [0.1, 0.15) is 25.3 Å². The molecule has 1 aromatic carbocycles. The maximum absolute atomic E-state index is 12.0. The van der Waals surface area contributed by atoms with Gasteiger partial charge in [0.2, 0.25) is 0 Å². The number of carbonyl (C=O) groups is 2. The minimum Gasteiger partial charge on any atom is -0.299 e. The first-order valence-corrected chi connectivity index (χ1v) is 6.36. The second kappa shape index (κ2) is 4.44. The average molecular weight is 287 g/mol. The molecule has 5 heteroatoms. The average Bonchev–Trinajstić information content (AvgIpc) is 3.05. The maximum Gasteiger partial charge on any atom is 0.172 e. The van der Waals surface area contributed by atoms with Crippen LogP contribution < -0.4 is 0 Å². The van der Waals surface area contributed by atoms with E-state index in [0.29, 0.717) is 10.6 Å². The molecule has 1 fully saturated rings. The van der Waals surface area contributed by atoms with Gasteiger partial charge in [0, 0.05) is 10.9 Å². The second-order valence-corrected chi connectivity index (χ2v) is 5.37. The van der Waals surface area contributed by atoms with Crippen molar-refractivity contribution < 1.29 is 9.59 Å². The van der Waals surface area contributed by atoms with Crippen molar-refractivity contribution in [2.24, 2.45) is 10.8 Å². The fourth-order valence-electron chi connectivity index (χ4n) is 3.17. The van der Waals surface area contributed by atoms with Gasteiger partial charge in [-0.05, 0) is 31.5 Å². The number of nitriles is 2. The molecule has 0 aliphatic heterocycles. The quantitative estimate of drug-likeness (QED) is 0.800. The van der Waals surface area contributed by atoms with E-state index in [1.165, 1.54) is 13.8 Å². The van der Waals surface area contributed by atoms with Gasteiger partial charge in [-0.3, -0.25) is 9.59 Å². The van der Waals surface area contributed by atoms with Gasteiger partial charge in [0.25, 0.3) is 0 Å². The number of nitrogens with zero attached hydrogens (tertiary/aromatic N) is 2. The second-order valence-electron chi connectivity index (χ2n) is 4.94. The van der Waals surface area contributed by atoms with Crippen LogP contribution >= 0.6 is 11.6 Å². The van der Waals surface area contributed by atoms with Gasteiger partial charge in [-0.25, -0.2) is 0 Å². The van der Waals surface area contributed by atoms with E-state index in [0.717, 1.165) is 0 Å². The van der Waals surface area contributed by atoms with Gasteiger partial charge in [0.1, 0.15) is 17.0 Å². The molecule has 20 heavy (non-hydrogen) atoms. The van der Waals surface area contributed by atoms with E-state index in [4.69, 9.17) is 11.6 Å². The molecule has 0 spiro atoms. The highest BCUT2D eigenvalue weighted by Crippen LogP contribution is 2.74. The van der Waals surface area contributed by atoms with E-state index >= 15 is 0 Å². The first-order chi connectivity index (χ1) is 9.38. The van der Waals surface area contributed by atoms with Gasteiger partial charge < -0.3 is 0 Å². The Bertz CT molecular complexity index is 651. The minimum atomic E-state index is -1.63. The van der Waals surface area contributed by atoms with Crippen molar-refractivity contribution in [3.05, 3.63) is 34.9 Å². The molecular weight excluding hydrogens is 276 g/mol. The van der Waals surface area contributed by atoms with Crippen molar-refractivity contribution in [3.63, 3.8) is 0 Å². The Balaban J connectivity index is 2.67. The molecule has 1 atom stereocenters. The van der Waals surface area contributed by atoms with E-state index in [2.05, 4.69) is 0 Å². The zero-order chi connectivity index (χ0) is 15.1. The molecule has 0 aromatic heterocycles. The number of rotatable bonds is 3. The van der Waals surface area contributed by atoms with E-state index in [-0.39, 0.29) is 0 Å². The maximum atomic E-state index is 12.0. The Labute approximate surface area is 121 Å². The Kier molecular flexibility index (Phi) is 3.16. The third-order valence-corrected chi connectivity index (χ3v) is 4.32. The molecule has 0 N–H and O–H groups in total. The summed E-state index contributed by atoms with van der Waals surface area (Å²) in [6, 6.07) is 10.3. The van der Waals surface area contributed by atoms with Crippen molar-refractivity contribution >= 4 is 23.2 Å². The van der Waals surface area contributed by atoms with Crippen molar-refractivity contribution in [2.45, 2.75) is 19.8 Å². The number of ketones is 2.